The second kappa shape index (κ2) is 8.32. The highest BCUT2D eigenvalue weighted by Gasteiger charge is 2.76. The van der Waals surface area contributed by atoms with E-state index < -0.39 is 54.2 Å². The number of halogens is 2. The van der Waals surface area contributed by atoms with Gasteiger partial charge in [0.05, 0.1) is 13.1 Å². The number of amides is 3. The Morgan fingerprint density at radius 2 is 1.92 bits per heavy atom. The number of benzene rings is 1. The Bertz CT molecular complexity index is 1330. The van der Waals surface area contributed by atoms with E-state index in [4.69, 9.17) is 11.5 Å². The predicted molar refractivity (Wildman–Crippen MR) is 130 cm³/mol. The zero-order chi connectivity index (χ0) is 27.9. The van der Waals surface area contributed by atoms with Crippen molar-refractivity contribution in [1.82, 2.24) is 20.4 Å². The first-order valence-electron chi connectivity index (χ1n) is 12.7. The molecule has 4 atom stereocenters. The first-order chi connectivity index (χ1) is 18.3. The molecule has 1 aliphatic carbocycles. The van der Waals surface area contributed by atoms with Crippen LogP contribution in [0.25, 0.3) is 0 Å². The lowest BCUT2D eigenvalue weighted by molar-refractivity contribution is -0.521. The highest BCUT2D eigenvalue weighted by atomic mass is 19.3. The number of hydrogen-bond acceptors (Lipinski definition) is 10. The van der Waals surface area contributed by atoms with Crippen molar-refractivity contribution < 1.29 is 38.4 Å². The normalized spacial score (nSPS) is 32.2. The average Bonchev–Trinajstić information content (AvgIpc) is 3.45. The summed E-state index contributed by atoms with van der Waals surface area (Å²) in [5.74, 6) is -7.07. The molecule has 5 aliphatic rings. The molecule has 4 heterocycles. The number of carbonyl (C=O) groups excluding carboxylic acids is 3. The van der Waals surface area contributed by atoms with Crippen LogP contribution in [0.3, 0.4) is 0 Å². The lowest BCUT2D eigenvalue weighted by Crippen LogP contribution is -2.90. The first-order valence-corrected chi connectivity index (χ1v) is 12.7. The summed E-state index contributed by atoms with van der Waals surface area (Å²) in [5, 5.41) is 28.7. The van der Waals surface area contributed by atoms with Crippen LogP contribution in [0.2, 0.25) is 0 Å². The van der Waals surface area contributed by atoms with E-state index in [0.717, 1.165) is 4.90 Å². The maximum absolute atomic E-state index is 13.9. The van der Waals surface area contributed by atoms with Gasteiger partial charge in [0.1, 0.15) is 12.1 Å². The zero-order valence-corrected chi connectivity index (χ0v) is 20.8. The van der Waals surface area contributed by atoms with Crippen LogP contribution in [0.15, 0.2) is 23.2 Å². The van der Waals surface area contributed by atoms with Gasteiger partial charge in [-0.3, -0.25) is 34.9 Å². The van der Waals surface area contributed by atoms with Crippen LogP contribution in [0.4, 0.5) is 8.78 Å². The van der Waals surface area contributed by atoms with Crippen LogP contribution in [0.1, 0.15) is 40.7 Å². The maximum atomic E-state index is 13.9. The van der Waals surface area contributed by atoms with E-state index in [0.29, 0.717) is 11.1 Å². The molecule has 1 aromatic carbocycles. The van der Waals surface area contributed by atoms with E-state index in [2.05, 4.69) is 20.6 Å². The fourth-order valence-electron chi connectivity index (χ4n) is 6.55. The number of nitrogens with two attached hydrogens (primary N) is 2. The highest BCUT2D eigenvalue weighted by Crippen LogP contribution is 2.42. The third kappa shape index (κ3) is 3.66. The van der Waals surface area contributed by atoms with Crippen molar-refractivity contribution in [2.24, 2.45) is 16.5 Å². The quantitative estimate of drug-likeness (QED) is 0.144. The second-order valence-corrected chi connectivity index (χ2v) is 10.7. The summed E-state index contributed by atoms with van der Waals surface area (Å²) in [4.78, 5) is 47.7. The second-order valence-electron chi connectivity index (χ2n) is 10.7. The summed E-state index contributed by atoms with van der Waals surface area (Å²) < 4.78 is 27.9. The molecule has 1 spiro atoms. The van der Waals surface area contributed by atoms with Crippen molar-refractivity contribution in [3.8, 4) is 0 Å². The Balaban J connectivity index is 1.30. The van der Waals surface area contributed by atoms with E-state index in [1.54, 1.807) is 6.07 Å². The largest absolute Gasteiger partial charge is 0.370 e. The first kappa shape index (κ1) is 25.4. The SMILES string of the molecule is NC1=N[C@@H](CN2C(=O)CCC2=O)[C@@H]2[NH+]=C(N)N[C@]23N1CC(NC(=O)c1cccc2c1CCC(F)(F)C2)C3(O)O. The Morgan fingerprint density at radius 3 is 2.64 bits per heavy atom. The molecule has 9 N–H and O–H groups in total. The molecule has 39 heavy (non-hydrogen) atoms. The molecule has 2 fully saturated rings. The molecule has 1 unspecified atom stereocenters. The molecule has 3 amide bonds. The van der Waals surface area contributed by atoms with E-state index in [-0.39, 0.29) is 61.6 Å². The number of imide groups is 1. The Kier molecular flexibility index (Phi) is 5.43. The number of fused-ring (bicyclic) bond motifs is 1. The summed E-state index contributed by atoms with van der Waals surface area (Å²) >= 11 is 0. The van der Waals surface area contributed by atoms with Crippen LogP contribution >= 0.6 is 0 Å². The van der Waals surface area contributed by atoms with E-state index in [9.17, 15) is 33.4 Å². The van der Waals surface area contributed by atoms with Crippen LogP contribution in [-0.2, 0) is 22.4 Å². The number of rotatable bonds is 4. The standard InChI is InChI=1S/C24H28F2N8O5/c25-22(26)7-6-12-11(8-22)2-1-3-13(12)19(37)30-15-10-34-21(28)29-14(9-33-16(35)4-5-17(33)36)18-23(34,24(15,38)39)32-20(27)31-18/h1-3,14-15,18,38-39H,4-10H2,(H2,28,29)(H,30,37)(H3,27,31,32)/p+1/t14-,15?,18-,23-/m0/s1. The van der Waals surface area contributed by atoms with Gasteiger partial charge in [-0.2, -0.15) is 0 Å². The van der Waals surface area contributed by atoms with Gasteiger partial charge in [-0.05, 0) is 23.6 Å². The number of alkyl halides is 2. The Morgan fingerprint density at radius 1 is 1.21 bits per heavy atom. The van der Waals surface area contributed by atoms with Gasteiger partial charge in [0.15, 0.2) is 12.0 Å². The molecular formula is C24H29F2N8O5+. The lowest BCUT2D eigenvalue weighted by Gasteiger charge is -2.46. The van der Waals surface area contributed by atoms with E-state index >= 15 is 0 Å². The molecule has 2 saturated heterocycles. The minimum Gasteiger partial charge on any atom is -0.370 e. The third-order valence-electron chi connectivity index (χ3n) is 8.42. The number of hydrogen-bond donors (Lipinski definition) is 7. The number of nitrogens with zero attached hydrogens (tertiary/aromatic N) is 3. The lowest BCUT2D eigenvalue weighted by atomic mass is 9.84. The van der Waals surface area contributed by atoms with Gasteiger partial charge < -0.3 is 21.3 Å². The molecule has 1 aromatic rings. The maximum Gasteiger partial charge on any atom is 0.343 e. The van der Waals surface area contributed by atoms with Gasteiger partial charge in [-0.1, -0.05) is 12.1 Å². The Hall–Kier alpha value is -3.85. The number of nitrogens with one attached hydrogen (secondary N) is 3. The van der Waals surface area contributed by atoms with E-state index in [1.165, 1.54) is 17.0 Å². The molecule has 0 radical (unpaired) electrons. The summed E-state index contributed by atoms with van der Waals surface area (Å²) in [6.07, 6.45) is -0.713. The summed E-state index contributed by atoms with van der Waals surface area (Å²) in [6, 6.07) is 1.40. The fraction of sp³-hybridized carbons (Fsp3) is 0.542. The van der Waals surface area contributed by atoms with Crippen molar-refractivity contribution in [1.29, 1.82) is 0 Å². The van der Waals surface area contributed by atoms with Gasteiger partial charge in [-0.25, -0.2) is 19.1 Å². The van der Waals surface area contributed by atoms with Gasteiger partial charge >= 0.3 is 5.96 Å². The Labute approximate surface area is 220 Å². The van der Waals surface area contributed by atoms with Crippen LogP contribution in [0, 0.1) is 0 Å². The van der Waals surface area contributed by atoms with Gasteiger partial charge in [0.2, 0.25) is 17.6 Å². The predicted octanol–water partition coefficient (Wildman–Crippen LogP) is -4.19. The minimum absolute atomic E-state index is 0.00428. The number of likely N-dealkylation sites (tertiary alicyclic amines) is 1. The molecule has 13 nitrogen and oxygen atoms in total. The van der Waals surface area contributed by atoms with Crippen molar-refractivity contribution in [3.05, 3.63) is 34.9 Å². The molecular weight excluding hydrogens is 518 g/mol. The molecule has 208 valence electrons. The number of aliphatic hydroxyl groups is 2. The number of aliphatic imine (C=N–C) groups is 1. The van der Waals surface area contributed by atoms with E-state index in [1.807, 2.05) is 0 Å². The fourth-order valence-corrected chi connectivity index (χ4v) is 6.55. The van der Waals surface area contributed by atoms with Crippen LogP contribution in [0.5, 0.6) is 0 Å². The highest BCUT2D eigenvalue weighted by molar-refractivity contribution is 6.02. The smallest absolute Gasteiger partial charge is 0.343 e. The number of carbonyl (C=O) groups is 3. The molecule has 6 rings (SSSR count). The molecule has 0 saturated carbocycles. The average molecular weight is 548 g/mol. The molecule has 0 aromatic heterocycles. The topological polar surface area (TPSA) is 201 Å². The van der Waals surface area contributed by atoms with Crippen molar-refractivity contribution >= 4 is 29.6 Å². The summed E-state index contributed by atoms with van der Waals surface area (Å²) in [5.41, 5.74) is 11.5. The van der Waals surface area contributed by atoms with Gasteiger partial charge in [0.25, 0.3) is 17.5 Å². The van der Waals surface area contributed by atoms with Crippen LogP contribution in [-0.4, -0.2) is 98.2 Å². The van der Waals surface area contributed by atoms with Gasteiger partial charge in [0, 0.05) is 31.2 Å². The summed E-state index contributed by atoms with van der Waals surface area (Å²) in [7, 11) is 0. The van der Waals surface area contributed by atoms with Gasteiger partial charge in [-0.15, -0.1) is 0 Å². The zero-order valence-electron chi connectivity index (χ0n) is 20.8. The number of guanidine groups is 2. The van der Waals surface area contributed by atoms with Crippen molar-refractivity contribution in [3.63, 3.8) is 0 Å². The minimum atomic E-state index is -2.86. The van der Waals surface area contributed by atoms with Crippen LogP contribution < -0.4 is 27.1 Å². The van der Waals surface area contributed by atoms with Crippen molar-refractivity contribution in [2.45, 2.75) is 67.6 Å². The molecule has 4 aliphatic heterocycles. The summed E-state index contributed by atoms with van der Waals surface area (Å²) in [6.45, 7) is -0.345. The monoisotopic (exact) mass is 547 g/mol. The van der Waals surface area contributed by atoms with Crippen molar-refractivity contribution in [2.75, 3.05) is 13.1 Å². The molecule has 0 bridgehead atoms. The molecule has 15 heteroatoms. The third-order valence-corrected chi connectivity index (χ3v) is 8.42.